The Hall–Kier alpha value is -3.35. The minimum absolute atomic E-state index is 0.0348. The molecule has 1 saturated carbocycles. The Morgan fingerprint density at radius 1 is 1.17 bits per heavy atom. The maximum atomic E-state index is 12.9. The van der Waals surface area contributed by atoms with Crippen molar-refractivity contribution in [2.24, 2.45) is 5.92 Å². The van der Waals surface area contributed by atoms with Gasteiger partial charge in [-0.25, -0.2) is 9.59 Å². The number of rotatable bonds is 7. The number of allylic oxidation sites excluding steroid dienone is 1. The largest absolute Gasteiger partial charge is 0.467 e. The second-order valence-corrected chi connectivity index (χ2v) is 10.6. The zero-order valence-corrected chi connectivity index (χ0v) is 21.7. The molecular formula is C27H36N2O7. The first-order chi connectivity index (χ1) is 16.6. The molecule has 0 aliphatic heterocycles. The van der Waals surface area contributed by atoms with Crippen LogP contribution < -0.4 is 10.6 Å². The zero-order valence-electron chi connectivity index (χ0n) is 21.7. The summed E-state index contributed by atoms with van der Waals surface area (Å²) < 4.78 is 10.1. The van der Waals surface area contributed by atoms with Crippen molar-refractivity contribution >= 4 is 18.0 Å². The molecule has 196 valence electrons. The van der Waals surface area contributed by atoms with Crippen molar-refractivity contribution < 1.29 is 34.1 Å². The van der Waals surface area contributed by atoms with E-state index in [4.69, 9.17) is 14.6 Å². The first-order valence-electron chi connectivity index (χ1n) is 11.6. The zero-order chi connectivity index (χ0) is 27.3. The first kappa shape index (κ1) is 28.9. The van der Waals surface area contributed by atoms with E-state index < -0.39 is 40.8 Å². The number of alkyl carbamates (subject to hydrolysis) is 1. The fourth-order valence-electron chi connectivity index (χ4n) is 3.70. The Kier molecular flexibility index (Phi) is 8.94. The normalized spacial score (nSPS) is 20.1. The van der Waals surface area contributed by atoms with Gasteiger partial charge in [0.15, 0.2) is 0 Å². The Morgan fingerprint density at radius 3 is 2.25 bits per heavy atom. The number of hydrogen-bond acceptors (Lipinski definition) is 7. The SMILES string of the molecule is C=C(C#Cc1ccc(C(=O)N[C@H](C(=O)OC)C(C)(C)NC(=O)OC(C)(C)C)cc1)C1CC(O)(CO)C1. The summed E-state index contributed by atoms with van der Waals surface area (Å²) in [6.07, 6.45) is 0.121. The molecular weight excluding hydrogens is 464 g/mol. The van der Waals surface area contributed by atoms with Gasteiger partial charge in [-0.05, 0) is 83.2 Å². The standard InChI is InChI=1S/C27H36N2O7/c1-17(20-14-27(34,15-20)16-30)8-9-18-10-12-19(13-11-18)22(31)28-21(23(32)35-7)26(5,6)29-24(33)36-25(2,3)4/h10-13,20-21,30,34H,1,14-16H2,2-7H3,(H,28,31)(H,29,33)/t20?,21-,27?/m1/s1. The van der Waals surface area contributed by atoms with E-state index in [0.717, 1.165) is 0 Å². The van der Waals surface area contributed by atoms with Crippen LogP contribution in [0, 0.1) is 17.8 Å². The lowest BCUT2D eigenvalue weighted by Gasteiger charge is -2.42. The van der Waals surface area contributed by atoms with Gasteiger partial charge in [0, 0.05) is 11.1 Å². The van der Waals surface area contributed by atoms with Crippen LogP contribution in [0.25, 0.3) is 0 Å². The molecule has 9 heteroatoms. The van der Waals surface area contributed by atoms with Gasteiger partial charge in [-0.2, -0.15) is 0 Å². The Balaban J connectivity index is 2.07. The van der Waals surface area contributed by atoms with E-state index in [0.29, 0.717) is 24.0 Å². The second kappa shape index (κ2) is 11.1. The molecule has 0 saturated heterocycles. The molecule has 0 spiro atoms. The van der Waals surface area contributed by atoms with Crippen molar-refractivity contribution in [2.75, 3.05) is 13.7 Å². The molecule has 1 aromatic rings. The fraction of sp³-hybridized carbons (Fsp3) is 0.519. The first-order valence-corrected chi connectivity index (χ1v) is 11.6. The quantitative estimate of drug-likeness (QED) is 0.333. The van der Waals surface area contributed by atoms with Crippen LogP contribution in [0.5, 0.6) is 0 Å². The van der Waals surface area contributed by atoms with Gasteiger partial charge in [-0.3, -0.25) is 4.79 Å². The molecule has 9 nitrogen and oxygen atoms in total. The predicted molar refractivity (Wildman–Crippen MR) is 134 cm³/mol. The summed E-state index contributed by atoms with van der Waals surface area (Å²) in [6, 6.07) is 5.27. The minimum Gasteiger partial charge on any atom is -0.467 e. The summed E-state index contributed by atoms with van der Waals surface area (Å²) in [5, 5.41) is 24.3. The van der Waals surface area contributed by atoms with Crippen molar-refractivity contribution in [1.82, 2.24) is 10.6 Å². The second-order valence-electron chi connectivity index (χ2n) is 10.6. The van der Waals surface area contributed by atoms with E-state index in [1.807, 2.05) is 0 Å². The van der Waals surface area contributed by atoms with Crippen molar-refractivity contribution in [3.63, 3.8) is 0 Å². The third-order valence-electron chi connectivity index (χ3n) is 5.81. The van der Waals surface area contributed by atoms with E-state index in [1.54, 1.807) is 58.9 Å². The smallest absolute Gasteiger partial charge is 0.408 e. The van der Waals surface area contributed by atoms with Gasteiger partial charge in [-0.15, -0.1) is 0 Å². The van der Waals surface area contributed by atoms with Gasteiger partial charge >= 0.3 is 12.1 Å². The number of ether oxygens (including phenoxy) is 2. The summed E-state index contributed by atoms with van der Waals surface area (Å²) >= 11 is 0. The molecule has 2 amide bonds. The van der Waals surface area contributed by atoms with Gasteiger partial charge in [0.25, 0.3) is 5.91 Å². The molecule has 1 aromatic carbocycles. The highest BCUT2D eigenvalue weighted by atomic mass is 16.6. The van der Waals surface area contributed by atoms with Crippen molar-refractivity contribution in [2.45, 2.75) is 70.2 Å². The van der Waals surface area contributed by atoms with Crippen molar-refractivity contribution in [3.8, 4) is 11.8 Å². The maximum Gasteiger partial charge on any atom is 0.408 e. The van der Waals surface area contributed by atoms with Crippen LogP contribution in [-0.4, -0.2) is 64.7 Å². The average molecular weight is 501 g/mol. The van der Waals surface area contributed by atoms with Crippen LogP contribution in [0.4, 0.5) is 4.79 Å². The molecule has 1 atom stereocenters. The Bertz CT molecular complexity index is 1050. The van der Waals surface area contributed by atoms with Gasteiger partial charge < -0.3 is 30.3 Å². The number of carbonyl (C=O) groups is 3. The number of amides is 2. The molecule has 0 heterocycles. The number of aliphatic hydroxyl groups is 2. The summed E-state index contributed by atoms with van der Waals surface area (Å²) in [4.78, 5) is 37.6. The van der Waals surface area contributed by atoms with E-state index in [9.17, 15) is 19.5 Å². The molecule has 0 bridgehead atoms. The number of aliphatic hydroxyl groups excluding tert-OH is 1. The van der Waals surface area contributed by atoms with E-state index >= 15 is 0 Å². The Labute approximate surface area is 212 Å². The highest BCUT2D eigenvalue weighted by Gasteiger charge is 2.43. The van der Waals surface area contributed by atoms with Crippen LogP contribution >= 0.6 is 0 Å². The average Bonchev–Trinajstić information content (AvgIpc) is 2.76. The molecule has 0 radical (unpaired) electrons. The van der Waals surface area contributed by atoms with E-state index in [1.165, 1.54) is 7.11 Å². The summed E-state index contributed by atoms with van der Waals surface area (Å²) in [6.45, 7) is 12.0. The van der Waals surface area contributed by atoms with Crippen LogP contribution in [0.1, 0.15) is 63.4 Å². The monoisotopic (exact) mass is 500 g/mol. The lowest BCUT2D eigenvalue weighted by molar-refractivity contribution is -0.144. The number of hydrogen-bond donors (Lipinski definition) is 4. The molecule has 1 fully saturated rings. The Morgan fingerprint density at radius 2 is 1.75 bits per heavy atom. The number of nitrogens with one attached hydrogen (secondary N) is 2. The number of methoxy groups -OCH3 is 1. The lowest BCUT2D eigenvalue weighted by Crippen LogP contribution is -2.62. The van der Waals surface area contributed by atoms with Crippen LogP contribution in [0.2, 0.25) is 0 Å². The molecule has 1 aliphatic rings. The van der Waals surface area contributed by atoms with Gasteiger partial charge in [0.1, 0.15) is 11.6 Å². The topological polar surface area (TPSA) is 134 Å². The van der Waals surface area contributed by atoms with Crippen molar-refractivity contribution in [3.05, 3.63) is 47.5 Å². The van der Waals surface area contributed by atoms with Crippen LogP contribution in [0.15, 0.2) is 36.4 Å². The highest BCUT2D eigenvalue weighted by molar-refractivity contribution is 5.97. The minimum atomic E-state index is -1.22. The molecule has 1 aliphatic carbocycles. The summed E-state index contributed by atoms with van der Waals surface area (Å²) in [5.74, 6) is 4.72. The third kappa shape index (κ3) is 7.83. The molecule has 2 rings (SSSR count). The molecule has 0 aromatic heterocycles. The van der Waals surface area contributed by atoms with Crippen LogP contribution in [0.3, 0.4) is 0 Å². The summed E-state index contributed by atoms with van der Waals surface area (Å²) in [7, 11) is 1.19. The van der Waals surface area contributed by atoms with Crippen molar-refractivity contribution in [1.29, 1.82) is 0 Å². The molecule has 4 N–H and O–H groups in total. The fourth-order valence-corrected chi connectivity index (χ4v) is 3.70. The summed E-state index contributed by atoms with van der Waals surface area (Å²) in [5.41, 5.74) is -1.38. The maximum absolute atomic E-state index is 12.9. The van der Waals surface area contributed by atoms with Gasteiger partial charge in [0.05, 0.1) is 24.9 Å². The number of benzene rings is 1. The number of carbonyl (C=O) groups excluding carboxylic acids is 3. The van der Waals surface area contributed by atoms with E-state index in [2.05, 4.69) is 29.1 Å². The van der Waals surface area contributed by atoms with Gasteiger partial charge in [-0.1, -0.05) is 18.4 Å². The predicted octanol–water partition coefficient (Wildman–Crippen LogP) is 2.30. The lowest BCUT2D eigenvalue weighted by atomic mass is 9.68. The highest BCUT2D eigenvalue weighted by Crippen LogP contribution is 2.41. The van der Waals surface area contributed by atoms with E-state index in [-0.39, 0.29) is 18.1 Å². The van der Waals surface area contributed by atoms with Crippen LogP contribution in [-0.2, 0) is 14.3 Å². The number of esters is 1. The van der Waals surface area contributed by atoms with Gasteiger partial charge in [0.2, 0.25) is 0 Å². The molecule has 0 unspecified atom stereocenters. The molecule has 36 heavy (non-hydrogen) atoms. The third-order valence-corrected chi connectivity index (χ3v) is 5.81.